The predicted octanol–water partition coefficient (Wildman–Crippen LogP) is 1.49. The smallest absolute Gasteiger partial charge is 0.0691 e. The van der Waals surface area contributed by atoms with Crippen molar-refractivity contribution in [2.75, 3.05) is 0 Å². The highest BCUT2D eigenvalue weighted by Gasteiger charge is 1.55. The summed E-state index contributed by atoms with van der Waals surface area (Å²) in [6, 6.07) is 2.32. The summed E-state index contributed by atoms with van der Waals surface area (Å²) in [5.74, 6) is 0. The molecule has 0 radical (unpaired) electrons. The van der Waals surface area contributed by atoms with E-state index in [9.17, 15) is 0 Å². The lowest BCUT2D eigenvalue weighted by atomic mass is 11.0. The fourth-order valence-corrected chi connectivity index (χ4v) is 0. The second-order valence-electron chi connectivity index (χ2n) is 0.308. The Balaban J connectivity index is 2.83. The van der Waals surface area contributed by atoms with Gasteiger partial charge in [-0.2, -0.15) is 0 Å². The van der Waals surface area contributed by atoms with Gasteiger partial charge in [-0.3, -0.25) is 0 Å². The lowest BCUT2D eigenvalue weighted by molar-refractivity contribution is 1.91. The molecular formula is C2H3ClN+. The van der Waals surface area contributed by atoms with Crippen LogP contribution in [0.15, 0.2) is 0 Å². The van der Waals surface area contributed by atoms with Crippen molar-refractivity contribution in [1.29, 1.82) is 0 Å². The molecule has 2 heteroatoms. The van der Waals surface area contributed by atoms with Crippen molar-refractivity contribution in [2.45, 2.75) is 6.92 Å². The van der Waals surface area contributed by atoms with Crippen LogP contribution in [0.4, 0.5) is 0 Å². The zero-order valence-corrected chi connectivity index (χ0v) is 3.08. The molecule has 0 bridgehead atoms. The molecule has 0 aliphatic heterocycles. The van der Waals surface area contributed by atoms with Gasteiger partial charge in [0, 0.05) is 0 Å². The Bertz CT molecular complexity index is 42.8. The summed E-state index contributed by atoms with van der Waals surface area (Å²) >= 11 is 4.70. The van der Waals surface area contributed by atoms with Gasteiger partial charge >= 0.3 is 17.8 Å². The van der Waals surface area contributed by atoms with Crippen LogP contribution in [0.3, 0.4) is 0 Å². The highest BCUT2D eigenvalue weighted by molar-refractivity contribution is 6.22. The van der Waals surface area contributed by atoms with E-state index in [1.807, 2.05) is 0 Å². The monoisotopic (exact) mass is 76.0 g/mol. The zero-order chi connectivity index (χ0) is 3.41. The Hall–Kier alpha value is -0.220. The topological polar surface area (TPSA) is 4.36 Å². The number of nitrogens with zero attached hydrogens (tertiary/aromatic N) is 1. The highest BCUT2D eigenvalue weighted by atomic mass is 35.5. The molecule has 22 valence electrons. The second kappa shape index (κ2) is 2.78. The van der Waals surface area contributed by atoms with Gasteiger partial charge in [-0.25, -0.2) is 0 Å². The van der Waals surface area contributed by atoms with Gasteiger partial charge in [-0.1, -0.05) is 0 Å². The van der Waals surface area contributed by atoms with Gasteiger partial charge in [0.05, 0.1) is 11.3 Å². The molecule has 4 heavy (non-hydrogen) atoms. The fraction of sp³-hybridized carbons (Fsp3) is 0.500. The molecule has 0 saturated heterocycles. The van der Waals surface area contributed by atoms with E-state index < -0.39 is 0 Å². The lowest BCUT2D eigenvalue weighted by Crippen LogP contribution is -1.15. The summed E-state index contributed by atoms with van der Waals surface area (Å²) in [6.07, 6.45) is 0. The zero-order valence-electron chi connectivity index (χ0n) is 2.33. The van der Waals surface area contributed by atoms with Gasteiger partial charge < -0.3 is 0 Å². The average Bonchev–Trinajstić information content (AvgIpc) is 1.37. The van der Waals surface area contributed by atoms with Gasteiger partial charge in [0.25, 0.3) is 0 Å². The molecule has 0 unspecified atom stereocenters. The summed E-state index contributed by atoms with van der Waals surface area (Å²) in [7, 11) is 0. The number of rotatable bonds is 0. The van der Waals surface area contributed by atoms with Gasteiger partial charge in [-0.05, 0) is 0 Å². The Morgan fingerprint density at radius 3 is 2.25 bits per heavy atom. The fourth-order valence-electron chi connectivity index (χ4n) is 0. The lowest BCUT2D eigenvalue weighted by Gasteiger charge is -1.13. The third-order valence-corrected chi connectivity index (χ3v) is 0.254. The first-order valence-corrected chi connectivity index (χ1v) is 1.23. The van der Waals surface area contributed by atoms with E-state index in [2.05, 4.69) is 10.4 Å². The van der Waals surface area contributed by atoms with E-state index in [1.54, 1.807) is 6.92 Å². The minimum atomic E-state index is 1.63. The van der Waals surface area contributed by atoms with Crippen LogP contribution >= 0.6 is 11.8 Å². The first-order valence-electron chi connectivity index (χ1n) is 0.893. The maximum absolute atomic E-state index is 4.70. The molecule has 0 fully saturated rings. The number of hydrogen-bond acceptors (Lipinski definition) is 0. The van der Waals surface area contributed by atoms with Crippen LogP contribution in [0.1, 0.15) is 6.92 Å². The molecule has 0 spiro atoms. The number of hydrogen-bond donors (Lipinski definition) is 0. The quantitative estimate of drug-likeness (QED) is 0.412. The first kappa shape index (κ1) is 3.78. The van der Waals surface area contributed by atoms with E-state index in [0.29, 0.717) is 0 Å². The Labute approximate surface area is 30.1 Å². The minimum Gasteiger partial charge on any atom is 0.0691 e. The van der Waals surface area contributed by atoms with E-state index in [-0.39, 0.29) is 0 Å². The minimum absolute atomic E-state index is 1.63. The summed E-state index contributed by atoms with van der Waals surface area (Å²) in [5.41, 5.74) is 0. The van der Waals surface area contributed by atoms with Crippen LogP contribution in [0, 0.1) is 6.07 Å². The van der Waals surface area contributed by atoms with Crippen LogP contribution in [-0.4, -0.2) is 0 Å². The standard InChI is InChI=1S/C2H3ClN/c1-2-4-3/h1H3/q+1. The summed E-state index contributed by atoms with van der Waals surface area (Å²) in [5, 5.41) is 0. The third kappa shape index (κ3) is 1.78. The van der Waals surface area contributed by atoms with Gasteiger partial charge in [-0.15, -0.1) is 0 Å². The molecule has 0 rings (SSSR count). The van der Waals surface area contributed by atoms with Crippen molar-refractivity contribution in [3.8, 4) is 6.07 Å². The Morgan fingerprint density at radius 2 is 2.25 bits per heavy atom. The average molecular weight is 76.5 g/mol. The van der Waals surface area contributed by atoms with Crippen molar-refractivity contribution in [2.24, 2.45) is 0 Å². The molecule has 0 aromatic rings. The molecular weight excluding hydrogens is 73.5 g/mol. The molecule has 0 aromatic carbocycles. The molecule has 0 saturated carbocycles. The van der Waals surface area contributed by atoms with Crippen molar-refractivity contribution in [3.05, 3.63) is 4.36 Å². The maximum Gasteiger partial charge on any atom is 0.426 e. The first-order chi connectivity index (χ1) is 1.91. The predicted molar refractivity (Wildman–Crippen MR) is 18.8 cm³/mol. The SMILES string of the molecule is CC#[N+]Cl. The molecule has 0 N–H and O–H groups in total. The molecule has 0 aliphatic rings. The summed E-state index contributed by atoms with van der Waals surface area (Å²) in [4.78, 5) is 0. The van der Waals surface area contributed by atoms with Crippen molar-refractivity contribution < 1.29 is 0 Å². The van der Waals surface area contributed by atoms with Crippen LogP contribution in [-0.2, 0) is 0 Å². The van der Waals surface area contributed by atoms with Crippen LogP contribution < -0.4 is 0 Å². The molecule has 0 heterocycles. The van der Waals surface area contributed by atoms with Crippen molar-refractivity contribution in [1.82, 2.24) is 0 Å². The third-order valence-electron chi connectivity index (χ3n) is 0.0845. The van der Waals surface area contributed by atoms with E-state index in [4.69, 9.17) is 11.8 Å². The number of halogens is 1. The second-order valence-corrected chi connectivity index (χ2v) is 0.477. The van der Waals surface area contributed by atoms with Gasteiger partial charge in [0.15, 0.2) is 0 Å². The van der Waals surface area contributed by atoms with E-state index in [1.165, 1.54) is 0 Å². The maximum atomic E-state index is 4.70. The molecule has 1 nitrogen and oxygen atoms in total. The molecule has 0 aliphatic carbocycles. The largest absolute Gasteiger partial charge is 0.426 e. The molecule has 0 atom stereocenters. The molecule has 0 amide bonds. The van der Waals surface area contributed by atoms with Gasteiger partial charge in [0.1, 0.15) is 0 Å². The summed E-state index contributed by atoms with van der Waals surface area (Å²) in [6.45, 7) is 1.63. The summed E-state index contributed by atoms with van der Waals surface area (Å²) < 4.78 is 2.96. The van der Waals surface area contributed by atoms with Crippen molar-refractivity contribution in [3.63, 3.8) is 0 Å². The molecule has 0 aromatic heterocycles. The Morgan fingerprint density at radius 1 is 2.00 bits per heavy atom. The van der Waals surface area contributed by atoms with E-state index in [0.717, 1.165) is 0 Å². The van der Waals surface area contributed by atoms with Crippen LogP contribution in [0.25, 0.3) is 4.36 Å². The van der Waals surface area contributed by atoms with Crippen LogP contribution in [0.2, 0.25) is 0 Å². The van der Waals surface area contributed by atoms with Crippen LogP contribution in [0.5, 0.6) is 0 Å². The Kier molecular flexibility index (Phi) is 2.63. The highest BCUT2D eigenvalue weighted by Crippen LogP contribution is 1.66. The normalized spacial score (nSPS) is 3.50. The van der Waals surface area contributed by atoms with E-state index >= 15 is 0 Å². The van der Waals surface area contributed by atoms with Gasteiger partial charge in [0.2, 0.25) is 0 Å². The van der Waals surface area contributed by atoms with Crippen molar-refractivity contribution >= 4 is 11.8 Å².